The maximum Gasteiger partial charge on any atom is 0.336 e. The van der Waals surface area contributed by atoms with Crippen molar-refractivity contribution in [1.29, 1.82) is 0 Å². The van der Waals surface area contributed by atoms with Gasteiger partial charge in [0, 0.05) is 25.6 Å². The fourth-order valence-electron chi connectivity index (χ4n) is 3.99. The van der Waals surface area contributed by atoms with Crippen molar-refractivity contribution in [3.63, 3.8) is 0 Å². The maximum atomic E-state index is 12.8. The van der Waals surface area contributed by atoms with E-state index in [0.717, 1.165) is 12.8 Å². The van der Waals surface area contributed by atoms with Gasteiger partial charge in [0.25, 0.3) is 0 Å². The first-order valence-corrected chi connectivity index (χ1v) is 10.7. The number of hydrogen-bond acceptors (Lipinski definition) is 8. The van der Waals surface area contributed by atoms with Crippen LogP contribution >= 0.6 is 0 Å². The predicted octanol–water partition coefficient (Wildman–Crippen LogP) is 3.17. The molecular formula is C24H31NO7. The van der Waals surface area contributed by atoms with Gasteiger partial charge in [-0.3, -0.25) is 0 Å². The van der Waals surface area contributed by atoms with Gasteiger partial charge in [0.05, 0.1) is 50.6 Å². The van der Waals surface area contributed by atoms with Crippen LogP contribution in [0.5, 0.6) is 11.5 Å². The van der Waals surface area contributed by atoms with E-state index in [1.54, 1.807) is 36.5 Å². The molecule has 174 valence electrons. The standard InChI is InChI=1S/C24H31NO7/c1-15(2)32-20-9-8-16(11-21(20)28-3)22-18(23(26)29-4)13-25(12-17-7-6-10-31-17)14-19(22)24(27)30-5/h8-9,11,13-15,17,22H,6-7,10,12H2,1-5H3. The Bertz CT molecular complexity index is 866. The van der Waals surface area contributed by atoms with Gasteiger partial charge < -0.3 is 28.6 Å². The zero-order chi connectivity index (χ0) is 23.3. The summed E-state index contributed by atoms with van der Waals surface area (Å²) in [7, 11) is 4.19. The van der Waals surface area contributed by atoms with E-state index < -0.39 is 17.9 Å². The van der Waals surface area contributed by atoms with Crippen molar-refractivity contribution >= 4 is 11.9 Å². The molecule has 0 saturated carbocycles. The highest BCUT2D eigenvalue weighted by Crippen LogP contribution is 2.40. The summed E-state index contributed by atoms with van der Waals surface area (Å²) in [6.45, 7) is 5.09. The van der Waals surface area contributed by atoms with Crippen LogP contribution in [0.15, 0.2) is 41.7 Å². The summed E-state index contributed by atoms with van der Waals surface area (Å²) < 4.78 is 27.1. The minimum Gasteiger partial charge on any atom is -0.493 e. The molecule has 1 aromatic carbocycles. The Morgan fingerprint density at radius 3 is 2.22 bits per heavy atom. The van der Waals surface area contributed by atoms with Crippen molar-refractivity contribution in [2.45, 2.75) is 44.8 Å². The largest absolute Gasteiger partial charge is 0.493 e. The molecule has 3 rings (SSSR count). The molecule has 0 radical (unpaired) electrons. The number of rotatable bonds is 8. The molecule has 2 aliphatic rings. The van der Waals surface area contributed by atoms with Crippen LogP contribution in [0.1, 0.15) is 38.2 Å². The molecule has 0 spiro atoms. The second-order valence-electron chi connectivity index (χ2n) is 7.99. The third-order valence-electron chi connectivity index (χ3n) is 5.40. The first kappa shape index (κ1) is 23.7. The molecule has 0 aliphatic carbocycles. The summed E-state index contributed by atoms with van der Waals surface area (Å²) in [5.74, 6) is -0.648. The molecule has 1 saturated heterocycles. The van der Waals surface area contributed by atoms with Gasteiger partial charge in [0.15, 0.2) is 11.5 Å². The molecule has 1 fully saturated rings. The van der Waals surface area contributed by atoms with Crippen molar-refractivity contribution in [3.8, 4) is 11.5 Å². The highest BCUT2D eigenvalue weighted by atomic mass is 16.5. The smallest absolute Gasteiger partial charge is 0.336 e. The molecule has 2 aliphatic heterocycles. The summed E-state index contributed by atoms with van der Waals surface area (Å²) in [5, 5.41) is 0. The second-order valence-corrected chi connectivity index (χ2v) is 7.99. The van der Waals surface area contributed by atoms with E-state index >= 15 is 0 Å². The number of hydrogen-bond donors (Lipinski definition) is 0. The predicted molar refractivity (Wildman–Crippen MR) is 117 cm³/mol. The second kappa shape index (κ2) is 10.5. The molecule has 0 N–H and O–H groups in total. The normalized spacial score (nSPS) is 18.8. The Balaban J connectivity index is 2.05. The molecule has 8 nitrogen and oxygen atoms in total. The van der Waals surface area contributed by atoms with E-state index in [0.29, 0.717) is 41.4 Å². The summed E-state index contributed by atoms with van der Waals surface area (Å²) >= 11 is 0. The van der Waals surface area contributed by atoms with Gasteiger partial charge in [0.1, 0.15) is 0 Å². The molecule has 0 aromatic heterocycles. The van der Waals surface area contributed by atoms with E-state index in [1.807, 2.05) is 19.9 Å². The average Bonchev–Trinajstić information content (AvgIpc) is 3.30. The summed E-state index contributed by atoms with van der Waals surface area (Å²) in [4.78, 5) is 27.4. The van der Waals surface area contributed by atoms with Gasteiger partial charge in [-0.2, -0.15) is 0 Å². The molecule has 0 amide bonds. The SMILES string of the molecule is COC(=O)C1=CN(CC2CCCO2)C=C(C(=O)OC)C1c1ccc(OC(C)C)c(OC)c1. The Labute approximate surface area is 188 Å². The Kier molecular flexibility index (Phi) is 7.80. The number of nitrogens with zero attached hydrogens (tertiary/aromatic N) is 1. The average molecular weight is 446 g/mol. The molecule has 0 bridgehead atoms. The number of benzene rings is 1. The minimum atomic E-state index is -0.683. The zero-order valence-electron chi connectivity index (χ0n) is 19.3. The summed E-state index contributed by atoms with van der Waals surface area (Å²) in [6, 6.07) is 5.36. The van der Waals surface area contributed by atoms with Crippen molar-refractivity contribution in [1.82, 2.24) is 4.90 Å². The zero-order valence-corrected chi connectivity index (χ0v) is 19.3. The molecule has 1 aromatic rings. The van der Waals surface area contributed by atoms with Gasteiger partial charge in [-0.15, -0.1) is 0 Å². The number of esters is 2. The van der Waals surface area contributed by atoms with Gasteiger partial charge in [-0.1, -0.05) is 6.07 Å². The Morgan fingerprint density at radius 1 is 1.06 bits per heavy atom. The lowest BCUT2D eigenvalue weighted by Crippen LogP contribution is -2.32. The van der Waals surface area contributed by atoms with Crippen LogP contribution in [0, 0.1) is 0 Å². The lowest BCUT2D eigenvalue weighted by molar-refractivity contribution is -0.137. The van der Waals surface area contributed by atoms with Crippen molar-refractivity contribution in [3.05, 3.63) is 47.3 Å². The van der Waals surface area contributed by atoms with Gasteiger partial charge in [-0.25, -0.2) is 9.59 Å². The Morgan fingerprint density at radius 2 is 1.72 bits per heavy atom. The molecule has 32 heavy (non-hydrogen) atoms. The van der Waals surface area contributed by atoms with Crippen molar-refractivity contribution in [2.24, 2.45) is 0 Å². The van der Waals surface area contributed by atoms with Crippen LogP contribution in [0.4, 0.5) is 0 Å². The van der Waals surface area contributed by atoms with E-state index in [1.165, 1.54) is 14.2 Å². The number of carbonyl (C=O) groups is 2. The Hall–Kier alpha value is -3.00. The van der Waals surface area contributed by atoms with Crippen molar-refractivity contribution in [2.75, 3.05) is 34.5 Å². The third kappa shape index (κ3) is 5.24. The van der Waals surface area contributed by atoms with Crippen LogP contribution in [0.2, 0.25) is 0 Å². The van der Waals surface area contributed by atoms with Gasteiger partial charge in [-0.05, 0) is 44.4 Å². The first-order chi connectivity index (χ1) is 15.4. The van der Waals surface area contributed by atoms with Crippen LogP contribution in [-0.2, 0) is 23.8 Å². The van der Waals surface area contributed by atoms with Gasteiger partial charge in [0.2, 0.25) is 0 Å². The summed E-state index contributed by atoms with van der Waals surface area (Å²) in [6.07, 6.45) is 5.35. The molecule has 8 heteroatoms. The van der Waals surface area contributed by atoms with Crippen LogP contribution in [0.3, 0.4) is 0 Å². The number of methoxy groups -OCH3 is 3. The van der Waals surface area contributed by atoms with Crippen LogP contribution in [0.25, 0.3) is 0 Å². The van der Waals surface area contributed by atoms with E-state index in [2.05, 4.69) is 0 Å². The lowest BCUT2D eigenvalue weighted by atomic mass is 9.83. The highest BCUT2D eigenvalue weighted by Gasteiger charge is 2.36. The number of ether oxygens (including phenoxy) is 5. The maximum absolute atomic E-state index is 12.8. The van der Waals surface area contributed by atoms with E-state index in [-0.39, 0.29) is 12.2 Å². The van der Waals surface area contributed by atoms with Crippen LogP contribution < -0.4 is 9.47 Å². The summed E-state index contributed by atoms with van der Waals surface area (Å²) in [5.41, 5.74) is 1.34. The van der Waals surface area contributed by atoms with E-state index in [4.69, 9.17) is 23.7 Å². The highest BCUT2D eigenvalue weighted by molar-refractivity contribution is 5.98. The molecule has 1 atom stereocenters. The fourth-order valence-corrected chi connectivity index (χ4v) is 3.99. The number of carbonyl (C=O) groups excluding carboxylic acids is 2. The topological polar surface area (TPSA) is 83.5 Å². The van der Waals surface area contributed by atoms with Gasteiger partial charge >= 0.3 is 11.9 Å². The molecular weight excluding hydrogens is 414 g/mol. The minimum absolute atomic E-state index is 0.0319. The van der Waals surface area contributed by atoms with E-state index in [9.17, 15) is 9.59 Å². The van der Waals surface area contributed by atoms with Crippen molar-refractivity contribution < 1.29 is 33.3 Å². The van der Waals surface area contributed by atoms with Crippen LogP contribution in [-0.4, -0.2) is 63.5 Å². The lowest BCUT2D eigenvalue weighted by Gasteiger charge is -2.31. The monoisotopic (exact) mass is 445 g/mol. The fraction of sp³-hybridized carbons (Fsp3) is 0.500. The first-order valence-electron chi connectivity index (χ1n) is 10.7. The molecule has 2 heterocycles. The third-order valence-corrected chi connectivity index (χ3v) is 5.40. The molecule has 1 unspecified atom stereocenters. The quantitative estimate of drug-likeness (QED) is 0.564.